The zero-order valence-corrected chi connectivity index (χ0v) is 11.2. The van der Waals surface area contributed by atoms with Crippen LogP contribution < -0.4 is 4.46 Å². The number of benzene rings is 2. The molecule has 0 N–H and O–H groups in total. The molecule has 0 heterocycles. The molecule has 0 amide bonds. The van der Waals surface area contributed by atoms with Gasteiger partial charge in [0.2, 0.25) is 0 Å². The summed E-state index contributed by atoms with van der Waals surface area (Å²) < 4.78 is 1.50. The summed E-state index contributed by atoms with van der Waals surface area (Å²) in [4.78, 5) is 0. The van der Waals surface area contributed by atoms with Gasteiger partial charge in [-0.2, -0.15) is 0 Å². The van der Waals surface area contributed by atoms with Crippen LogP contribution in [0.4, 0.5) is 0 Å². The molecule has 0 atom stereocenters. The molecule has 82 valence electrons. The molecule has 2 aromatic rings. The predicted molar refractivity (Wildman–Crippen MR) is 71.5 cm³/mol. The van der Waals surface area contributed by atoms with Gasteiger partial charge in [0.05, 0.1) is 0 Å². The normalized spacial score (nSPS) is 10.3. The van der Waals surface area contributed by atoms with E-state index in [9.17, 15) is 0 Å². The summed E-state index contributed by atoms with van der Waals surface area (Å²) in [6.45, 7) is 2.14. The standard InChI is InChI=1S/C15H16Se/c1-13-7-9-14(10-8-13)11-12-16-15-5-3-2-4-6-15/h2-10H,11-12H2,1H3. The van der Waals surface area contributed by atoms with Crippen molar-refractivity contribution in [1.82, 2.24) is 0 Å². The van der Waals surface area contributed by atoms with Gasteiger partial charge in [-0.05, 0) is 0 Å². The Hall–Kier alpha value is -1.04. The molecule has 0 bridgehead atoms. The Balaban J connectivity index is 1.82. The third kappa shape index (κ3) is 3.52. The van der Waals surface area contributed by atoms with Gasteiger partial charge in [-0.1, -0.05) is 0 Å². The summed E-state index contributed by atoms with van der Waals surface area (Å²) in [6.07, 6.45) is 1.20. The molecule has 0 saturated carbocycles. The molecule has 0 spiro atoms. The molecule has 0 aliphatic heterocycles. The van der Waals surface area contributed by atoms with Gasteiger partial charge in [0, 0.05) is 0 Å². The quantitative estimate of drug-likeness (QED) is 0.753. The van der Waals surface area contributed by atoms with E-state index in [-0.39, 0.29) is 0 Å². The Kier molecular flexibility index (Phi) is 4.21. The van der Waals surface area contributed by atoms with E-state index in [1.165, 1.54) is 27.3 Å². The van der Waals surface area contributed by atoms with Crippen LogP contribution in [-0.4, -0.2) is 15.0 Å². The van der Waals surface area contributed by atoms with Gasteiger partial charge in [0.15, 0.2) is 0 Å². The number of aryl methyl sites for hydroxylation is 2. The van der Waals surface area contributed by atoms with E-state index in [2.05, 4.69) is 61.5 Å². The van der Waals surface area contributed by atoms with Gasteiger partial charge in [-0.25, -0.2) is 0 Å². The monoisotopic (exact) mass is 276 g/mol. The molecule has 1 heteroatoms. The molecule has 2 rings (SSSR count). The topological polar surface area (TPSA) is 0 Å². The molecule has 0 radical (unpaired) electrons. The van der Waals surface area contributed by atoms with Crippen LogP contribution in [0.25, 0.3) is 0 Å². The third-order valence-corrected chi connectivity index (χ3v) is 4.65. The van der Waals surface area contributed by atoms with Crippen LogP contribution in [-0.2, 0) is 6.42 Å². The van der Waals surface area contributed by atoms with Gasteiger partial charge in [0.25, 0.3) is 0 Å². The van der Waals surface area contributed by atoms with E-state index in [0.29, 0.717) is 15.0 Å². The van der Waals surface area contributed by atoms with Crippen LogP contribution >= 0.6 is 0 Å². The van der Waals surface area contributed by atoms with Crippen molar-refractivity contribution >= 4 is 19.4 Å². The predicted octanol–water partition coefficient (Wildman–Crippen LogP) is 2.99. The average molecular weight is 275 g/mol. The molecule has 0 fully saturated rings. The molecule has 16 heavy (non-hydrogen) atoms. The summed E-state index contributed by atoms with van der Waals surface area (Å²) in [5, 5.41) is 1.29. The fraction of sp³-hybridized carbons (Fsp3) is 0.200. The first kappa shape index (κ1) is 11.4. The fourth-order valence-electron chi connectivity index (χ4n) is 1.56. The summed E-state index contributed by atoms with van der Waals surface area (Å²) in [5.74, 6) is 0. The second-order valence-electron chi connectivity index (χ2n) is 3.90. The average Bonchev–Trinajstić information content (AvgIpc) is 2.33. The van der Waals surface area contributed by atoms with Crippen molar-refractivity contribution in [2.24, 2.45) is 0 Å². The molecule has 0 unspecified atom stereocenters. The van der Waals surface area contributed by atoms with E-state index < -0.39 is 0 Å². The SMILES string of the molecule is Cc1ccc(CC[Se]c2ccccc2)cc1. The molecule has 0 aromatic heterocycles. The summed E-state index contributed by atoms with van der Waals surface area (Å²) in [6, 6.07) is 19.7. The maximum absolute atomic E-state index is 2.25. The second kappa shape index (κ2) is 5.88. The van der Waals surface area contributed by atoms with Crippen LogP contribution in [0.5, 0.6) is 0 Å². The summed E-state index contributed by atoms with van der Waals surface area (Å²) >= 11 is 0.617. The summed E-state index contributed by atoms with van der Waals surface area (Å²) in [7, 11) is 0. The molecular weight excluding hydrogens is 259 g/mol. The number of hydrogen-bond donors (Lipinski definition) is 0. The van der Waals surface area contributed by atoms with E-state index in [4.69, 9.17) is 0 Å². The van der Waals surface area contributed by atoms with Crippen molar-refractivity contribution in [2.45, 2.75) is 18.7 Å². The molecule has 0 saturated heterocycles. The Labute approximate surface area is 104 Å². The first-order valence-corrected chi connectivity index (χ1v) is 7.65. The van der Waals surface area contributed by atoms with Crippen molar-refractivity contribution in [2.75, 3.05) is 0 Å². The molecule has 0 nitrogen and oxygen atoms in total. The van der Waals surface area contributed by atoms with E-state index >= 15 is 0 Å². The van der Waals surface area contributed by atoms with Crippen LogP contribution in [0.15, 0.2) is 54.6 Å². The van der Waals surface area contributed by atoms with Gasteiger partial charge < -0.3 is 0 Å². The van der Waals surface area contributed by atoms with Crippen LogP contribution in [0.3, 0.4) is 0 Å². The van der Waals surface area contributed by atoms with E-state index in [1.54, 1.807) is 0 Å². The molecule has 2 aromatic carbocycles. The molecular formula is C15H16Se. The van der Waals surface area contributed by atoms with E-state index in [0.717, 1.165) is 0 Å². The van der Waals surface area contributed by atoms with Gasteiger partial charge in [-0.15, -0.1) is 0 Å². The van der Waals surface area contributed by atoms with Gasteiger partial charge >= 0.3 is 104 Å². The van der Waals surface area contributed by atoms with Crippen LogP contribution in [0.1, 0.15) is 11.1 Å². The minimum atomic E-state index is 0.617. The van der Waals surface area contributed by atoms with Crippen LogP contribution in [0, 0.1) is 6.92 Å². The molecule has 0 aliphatic carbocycles. The second-order valence-corrected chi connectivity index (χ2v) is 6.35. The van der Waals surface area contributed by atoms with Crippen molar-refractivity contribution in [1.29, 1.82) is 0 Å². The summed E-state index contributed by atoms with van der Waals surface area (Å²) in [5.41, 5.74) is 2.81. The number of hydrogen-bond acceptors (Lipinski definition) is 0. The van der Waals surface area contributed by atoms with Crippen molar-refractivity contribution < 1.29 is 0 Å². The molecule has 0 aliphatic rings. The Morgan fingerprint density at radius 2 is 1.56 bits per heavy atom. The Bertz CT molecular complexity index is 417. The first-order valence-electron chi connectivity index (χ1n) is 5.58. The third-order valence-electron chi connectivity index (χ3n) is 2.52. The van der Waals surface area contributed by atoms with Crippen molar-refractivity contribution in [3.63, 3.8) is 0 Å². The van der Waals surface area contributed by atoms with Crippen molar-refractivity contribution in [3.8, 4) is 0 Å². The minimum absolute atomic E-state index is 0.617. The Morgan fingerprint density at radius 3 is 2.25 bits per heavy atom. The zero-order valence-electron chi connectivity index (χ0n) is 9.52. The van der Waals surface area contributed by atoms with E-state index in [1.807, 2.05) is 0 Å². The van der Waals surface area contributed by atoms with Crippen LogP contribution in [0.2, 0.25) is 5.32 Å². The Morgan fingerprint density at radius 1 is 0.875 bits per heavy atom. The maximum atomic E-state index is 2.25. The zero-order chi connectivity index (χ0) is 11.2. The van der Waals surface area contributed by atoms with Gasteiger partial charge in [0.1, 0.15) is 0 Å². The number of rotatable bonds is 4. The van der Waals surface area contributed by atoms with Gasteiger partial charge in [-0.3, -0.25) is 0 Å². The first-order chi connectivity index (χ1) is 7.84. The van der Waals surface area contributed by atoms with Crippen molar-refractivity contribution in [3.05, 3.63) is 65.7 Å². The fourth-order valence-corrected chi connectivity index (χ4v) is 3.49.